The third-order valence-electron chi connectivity index (χ3n) is 3.97. The van der Waals surface area contributed by atoms with Gasteiger partial charge in [0.1, 0.15) is 11.6 Å². The number of hydrogen-bond donors (Lipinski definition) is 4. The summed E-state index contributed by atoms with van der Waals surface area (Å²) < 4.78 is 19.7. The van der Waals surface area contributed by atoms with Crippen molar-refractivity contribution in [1.29, 1.82) is 0 Å². The number of nitrogens with one attached hydrogen (secondary N) is 2. The van der Waals surface area contributed by atoms with Gasteiger partial charge in [0.05, 0.1) is 13.2 Å². The minimum absolute atomic E-state index is 0.227. The second kappa shape index (κ2) is 11.4. The van der Waals surface area contributed by atoms with Gasteiger partial charge in [0, 0.05) is 24.7 Å². The van der Waals surface area contributed by atoms with Crippen LogP contribution in [0.1, 0.15) is 24.5 Å². The summed E-state index contributed by atoms with van der Waals surface area (Å²) in [4.78, 5) is 22.5. The molecule has 0 aliphatic carbocycles. The number of benzene rings is 2. The second-order valence-electron chi connectivity index (χ2n) is 6.37. The van der Waals surface area contributed by atoms with Gasteiger partial charge in [-0.3, -0.25) is 4.99 Å². The Morgan fingerprint density at radius 2 is 1.87 bits per heavy atom. The van der Waals surface area contributed by atoms with Crippen molar-refractivity contribution in [3.05, 3.63) is 59.4 Å². The van der Waals surface area contributed by atoms with E-state index < -0.39 is 11.9 Å². The van der Waals surface area contributed by atoms with E-state index in [1.165, 1.54) is 6.07 Å². The number of halogens is 1. The number of rotatable bonds is 6. The van der Waals surface area contributed by atoms with E-state index >= 15 is 0 Å². The van der Waals surface area contributed by atoms with E-state index in [1.807, 2.05) is 37.3 Å². The van der Waals surface area contributed by atoms with Crippen molar-refractivity contribution < 1.29 is 28.9 Å². The fraction of sp³-hybridized carbons (Fsp3) is 0.286. The van der Waals surface area contributed by atoms with Gasteiger partial charge in [-0.1, -0.05) is 25.1 Å². The largest absolute Gasteiger partial charge is 0.494 e. The van der Waals surface area contributed by atoms with Crippen molar-refractivity contribution >= 4 is 23.6 Å². The molecule has 3 rings (SSSR count). The van der Waals surface area contributed by atoms with Crippen LogP contribution >= 0.6 is 0 Å². The summed E-state index contributed by atoms with van der Waals surface area (Å²) in [6.45, 7) is 4.31. The van der Waals surface area contributed by atoms with Crippen LogP contribution in [0, 0.1) is 5.82 Å². The van der Waals surface area contributed by atoms with Crippen molar-refractivity contribution in [1.82, 2.24) is 5.32 Å². The van der Waals surface area contributed by atoms with Gasteiger partial charge in [-0.2, -0.15) is 0 Å². The summed E-state index contributed by atoms with van der Waals surface area (Å²) in [5.41, 5.74) is 2.69. The minimum Gasteiger partial charge on any atom is -0.494 e. The standard InChI is InChI=1S/C19H22FN3O.C2H2O4/c1-2-11-24-17-8-5-15(18(20)13-17)12-14-3-6-16(7-4-14)23-19-21-9-10-22-19;3-1(4)2(5)6/h3-8,13H,2,9-12H2,1H3,(H2,21,22,23);(H,3,4)(H,5,6). The molecule has 0 radical (unpaired) electrons. The van der Waals surface area contributed by atoms with Crippen molar-refractivity contribution in [2.45, 2.75) is 19.8 Å². The Morgan fingerprint density at radius 3 is 2.40 bits per heavy atom. The Labute approximate surface area is 173 Å². The molecule has 0 atom stereocenters. The quantitative estimate of drug-likeness (QED) is 0.534. The van der Waals surface area contributed by atoms with Crippen molar-refractivity contribution in [2.75, 3.05) is 25.0 Å². The molecular formula is C21H24FN3O5. The van der Waals surface area contributed by atoms with E-state index in [1.54, 1.807) is 6.07 Å². The molecule has 160 valence electrons. The Morgan fingerprint density at radius 1 is 1.17 bits per heavy atom. The van der Waals surface area contributed by atoms with Crippen LogP contribution in [0.4, 0.5) is 10.1 Å². The fourth-order valence-electron chi connectivity index (χ4n) is 2.53. The van der Waals surface area contributed by atoms with E-state index in [9.17, 15) is 4.39 Å². The Kier molecular flexibility index (Phi) is 8.61. The average molecular weight is 417 g/mol. The molecule has 1 heterocycles. The van der Waals surface area contributed by atoms with E-state index in [2.05, 4.69) is 15.6 Å². The highest BCUT2D eigenvalue weighted by Gasteiger charge is 2.07. The first-order valence-electron chi connectivity index (χ1n) is 9.40. The predicted octanol–water partition coefficient (Wildman–Crippen LogP) is 2.73. The molecule has 0 fully saturated rings. The van der Waals surface area contributed by atoms with Crippen molar-refractivity contribution in [2.24, 2.45) is 4.99 Å². The van der Waals surface area contributed by atoms with Crippen LogP contribution in [0.3, 0.4) is 0 Å². The fourth-order valence-corrected chi connectivity index (χ4v) is 2.53. The zero-order valence-corrected chi connectivity index (χ0v) is 16.5. The van der Waals surface area contributed by atoms with Crippen LogP contribution < -0.4 is 15.4 Å². The number of guanidine groups is 1. The molecule has 30 heavy (non-hydrogen) atoms. The van der Waals surface area contributed by atoms with Gasteiger partial charge in [0.25, 0.3) is 0 Å². The molecule has 2 aromatic rings. The molecule has 1 aliphatic rings. The number of carboxylic acid groups (broad SMARTS) is 2. The molecule has 9 heteroatoms. The van der Waals surface area contributed by atoms with Gasteiger partial charge < -0.3 is 25.6 Å². The molecule has 0 aromatic heterocycles. The lowest BCUT2D eigenvalue weighted by Gasteiger charge is -2.09. The number of carboxylic acids is 2. The molecule has 0 saturated heterocycles. The first-order chi connectivity index (χ1) is 14.4. The van der Waals surface area contributed by atoms with Crippen LogP contribution in [0.25, 0.3) is 0 Å². The lowest BCUT2D eigenvalue weighted by Crippen LogP contribution is -2.26. The van der Waals surface area contributed by atoms with Crippen LogP contribution in [0.5, 0.6) is 5.75 Å². The lowest BCUT2D eigenvalue weighted by atomic mass is 10.0. The van der Waals surface area contributed by atoms with Gasteiger partial charge in [-0.25, -0.2) is 14.0 Å². The van der Waals surface area contributed by atoms with Crippen LogP contribution in [-0.4, -0.2) is 47.8 Å². The first kappa shape index (κ1) is 22.7. The number of ether oxygens (including phenoxy) is 1. The third kappa shape index (κ3) is 7.42. The van der Waals surface area contributed by atoms with E-state index in [0.29, 0.717) is 24.3 Å². The molecule has 8 nitrogen and oxygen atoms in total. The maximum atomic E-state index is 14.2. The maximum absolute atomic E-state index is 14.2. The Bertz CT molecular complexity index is 888. The molecule has 0 bridgehead atoms. The number of anilines is 1. The zero-order chi connectivity index (χ0) is 21.9. The monoisotopic (exact) mass is 417 g/mol. The highest BCUT2D eigenvalue weighted by atomic mass is 19.1. The second-order valence-corrected chi connectivity index (χ2v) is 6.37. The summed E-state index contributed by atoms with van der Waals surface area (Å²) in [6, 6.07) is 13.0. The summed E-state index contributed by atoms with van der Waals surface area (Å²) in [7, 11) is 0. The van der Waals surface area contributed by atoms with E-state index in [-0.39, 0.29) is 5.82 Å². The van der Waals surface area contributed by atoms with Crippen molar-refractivity contribution in [3.63, 3.8) is 0 Å². The van der Waals surface area contributed by atoms with Gasteiger partial charge in [-0.15, -0.1) is 0 Å². The topological polar surface area (TPSA) is 120 Å². The summed E-state index contributed by atoms with van der Waals surface area (Å²) in [5.74, 6) is -2.49. The number of aliphatic imine (C=N–C) groups is 1. The molecule has 4 N–H and O–H groups in total. The highest BCUT2D eigenvalue weighted by molar-refractivity contribution is 6.27. The molecule has 0 saturated carbocycles. The molecule has 0 spiro atoms. The Hall–Kier alpha value is -3.62. The van der Waals surface area contributed by atoms with Crippen molar-refractivity contribution in [3.8, 4) is 5.75 Å². The van der Waals surface area contributed by atoms with Crippen LogP contribution in [0.15, 0.2) is 47.5 Å². The molecule has 0 amide bonds. The summed E-state index contributed by atoms with van der Waals surface area (Å²) in [6.07, 6.45) is 1.46. The highest BCUT2D eigenvalue weighted by Crippen LogP contribution is 2.20. The van der Waals surface area contributed by atoms with Gasteiger partial charge in [-0.05, 0) is 35.7 Å². The molecule has 2 aromatic carbocycles. The Balaban J connectivity index is 0.000000469. The van der Waals surface area contributed by atoms with Gasteiger partial charge >= 0.3 is 11.9 Å². The zero-order valence-electron chi connectivity index (χ0n) is 16.5. The molecular weight excluding hydrogens is 393 g/mol. The molecule has 1 aliphatic heterocycles. The average Bonchev–Trinajstić information content (AvgIpc) is 3.23. The normalized spacial score (nSPS) is 12.1. The van der Waals surface area contributed by atoms with Gasteiger partial charge in [0.15, 0.2) is 5.96 Å². The van der Waals surface area contributed by atoms with E-state index in [4.69, 9.17) is 24.5 Å². The number of hydrogen-bond acceptors (Lipinski definition) is 6. The van der Waals surface area contributed by atoms with E-state index in [0.717, 1.165) is 36.7 Å². The summed E-state index contributed by atoms with van der Waals surface area (Å²) >= 11 is 0. The number of aliphatic carboxylic acids is 2. The maximum Gasteiger partial charge on any atom is 0.414 e. The SMILES string of the molecule is CCCOc1ccc(Cc2ccc(NC3=NCCN3)cc2)c(F)c1.O=C(O)C(=O)O. The summed E-state index contributed by atoms with van der Waals surface area (Å²) in [5, 5.41) is 21.2. The lowest BCUT2D eigenvalue weighted by molar-refractivity contribution is -0.159. The van der Waals surface area contributed by atoms with Crippen LogP contribution in [-0.2, 0) is 16.0 Å². The number of nitrogens with zero attached hydrogens (tertiary/aromatic N) is 1. The molecule has 0 unspecified atom stereocenters. The predicted molar refractivity (Wildman–Crippen MR) is 111 cm³/mol. The smallest absolute Gasteiger partial charge is 0.414 e. The third-order valence-corrected chi connectivity index (χ3v) is 3.97. The minimum atomic E-state index is -1.82. The number of carbonyl (C=O) groups is 2. The van der Waals surface area contributed by atoms with Gasteiger partial charge in [0.2, 0.25) is 0 Å². The van der Waals surface area contributed by atoms with Crippen LogP contribution in [0.2, 0.25) is 0 Å². The first-order valence-corrected chi connectivity index (χ1v) is 9.40.